The summed E-state index contributed by atoms with van der Waals surface area (Å²) < 4.78 is 27.7. The Balaban J connectivity index is 1.56. The van der Waals surface area contributed by atoms with Gasteiger partial charge < -0.3 is 5.32 Å². The molecule has 1 aliphatic rings. The van der Waals surface area contributed by atoms with Crippen LogP contribution in [-0.2, 0) is 23.0 Å². The topological polar surface area (TPSA) is 66.5 Å². The van der Waals surface area contributed by atoms with E-state index in [4.69, 9.17) is 0 Å². The van der Waals surface area contributed by atoms with Crippen LogP contribution in [-0.4, -0.2) is 20.9 Å². The van der Waals surface area contributed by atoms with Gasteiger partial charge in [-0.2, -0.15) is 0 Å². The Hall–Kier alpha value is -3.12. The zero-order valence-corrected chi connectivity index (χ0v) is 16.0. The Morgan fingerprint density at radius 3 is 2.50 bits per heavy atom. The van der Waals surface area contributed by atoms with Crippen LogP contribution in [0.2, 0.25) is 0 Å². The van der Waals surface area contributed by atoms with Gasteiger partial charge in [-0.3, -0.25) is 9.10 Å². The van der Waals surface area contributed by atoms with Crippen molar-refractivity contribution in [1.82, 2.24) is 5.32 Å². The fraction of sp³-hybridized carbons (Fsp3) is 0.136. The van der Waals surface area contributed by atoms with Gasteiger partial charge in [0.2, 0.25) is 0 Å². The first kappa shape index (κ1) is 18.3. The number of amides is 1. The molecule has 1 heterocycles. The van der Waals surface area contributed by atoms with E-state index in [1.54, 1.807) is 12.1 Å². The number of sulfonamides is 1. The number of benzene rings is 3. The van der Waals surface area contributed by atoms with Crippen molar-refractivity contribution in [2.75, 3.05) is 10.8 Å². The summed E-state index contributed by atoms with van der Waals surface area (Å²) in [4.78, 5) is 12.6. The van der Waals surface area contributed by atoms with Crippen LogP contribution in [0.5, 0.6) is 0 Å². The zero-order chi connectivity index (χ0) is 19.6. The van der Waals surface area contributed by atoms with Gasteiger partial charge in [-0.15, -0.1) is 0 Å². The van der Waals surface area contributed by atoms with Crippen LogP contribution < -0.4 is 9.62 Å². The summed E-state index contributed by atoms with van der Waals surface area (Å²) in [6, 6.07) is 23.3. The Bertz CT molecular complexity index is 1110. The summed E-state index contributed by atoms with van der Waals surface area (Å²) in [7, 11) is -3.72. The summed E-state index contributed by atoms with van der Waals surface area (Å²) in [6.45, 7) is 0.794. The molecule has 0 fully saturated rings. The van der Waals surface area contributed by atoms with Crippen LogP contribution in [0.4, 0.5) is 5.69 Å². The van der Waals surface area contributed by atoms with Crippen molar-refractivity contribution >= 4 is 21.6 Å². The molecule has 0 aliphatic carbocycles. The third-order valence-corrected chi connectivity index (χ3v) is 6.63. The van der Waals surface area contributed by atoms with Crippen molar-refractivity contribution < 1.29 is 13.2 Å². The maximum atomic E-state index is 13.1. The third-order valence-electron chi connectivity index (χ3n) is 4.82. The molecule has 0 aromatic heterocycles. The molecular weight excluding hydrogens is 372 g/mol. The van der Waals surface area contributed by atoms with Crippen LogP contribution in [0, 0.1) is 0 Å². The number of nitrogens with zero attached hydrogens (tertiary/aromatic N) is 1. The molecule has 3 aromatic carbocycles. The average Bonchev–Trinajstić information content (AvgIpc) is 3.18. The van der Waals surface area contributed by atoms with Gasteiger partial charge in [0.1, 0.15) is 0 Å². The van der Waals surface area contributed by atoms with Crippen molar-refractivity contribution in [3.63, 3.8) is 0 Å². The van der Waals surface area contributed by atoms with Crippen LogP contribution in [0.25, 0.3) is 0 Å². The summed E-state index contributed by atoms with van der Waals surface area (Å²) in [6.07, 6.45) is 0.687. The molecule has 1 aliphatic heterocycles. The molecule has 0 spiro atoms. The lowest BCUT2D eigenvalue weighted by Crippen LogP contribution is -2.29. The quantitative estimate of drug-likeness (QED) is 0.724. The van der Waals surface area contributed by atoms with Crippen LogP contribution in [0.3, 0.4) is 0 Å². The summed E-state index contributed by atoms with van der Waals surface area (Å²) in [5.74, 6) is -0.303. The molecule has 4 rings (SSSR count). The van der Waals surface area contributed by atoms with E-state index in [-0.39, 0.29) is 10.8 Å². The number of rotatable bonds is 5. The summed E-state index contributed by atoms with van der Waals surface area (Å²) in [5.41, 5.74) is 3.03. The van der Waals surface area contributed by atoms with E-state index in [0.29, 0.717) is 30.8 Å². The van der Waals surface area contributed by atoms with Crippen molar-refractivity contribution in [2.45, 2.75) is 17.9 Å². The monoisotopic (exact) mass is 392 g/mol. The molecule has 1 amide bonds. The molecule has 0 saturated carbocycles. The minimum atomic E-state index is -3.72. The Labute approximate surface area is 164 Å². The minimum absolute atomic E-state index is 0.122. The number of carbonyl (C=O) groups is 1. The highest BCUT2D eigenvalue weighted by Crippen LogP contribution is 2.32. The largest absolute Gasteiger partial charge is 0.348 e. The standard InChI is InChI=1S/C22H20N2O3S/c25-22(23-16-17-7-2-1-3-8-17)19-10-6-11-20(15-19)28(26,27)24-14-13-18-9-4-5-12-21(18)24/h1-12,15H,13-14,16H2,(H,23,25). The number of fused-ring (bicyclic) bond motifs is 1. The lowest BCUT2D eigenvalue weighted by atomic mass is 10.2. The van der Waals surface area contributed by atoms with Crippen LogP contribution in [0.15, 0.2) is 83.8 Å². The molecule has 3 aromatic rings. The highest BCUT2D eigenvalue weighted by molar-refractivity contribution is 7.92. The van der Waals surface area contributed by atoms with E-state index < -0.39 is 10.0 Å². The predicted molar refractivity (Wildman–Crippen MR) is 109 cm³/mol. The van der Waals surface area contributed by atoms with E-state index >= 15 is 0 Å². The lowest BCUT2D eigenvalue weighted by Gasteiger charge is -2.20. The van der Waals surface area contributed by atoms with Gasteiger partial charge in [0.15, 0.2) is 0 Å². The number of para-hydroxylation sites is 1. The molecule has 28 heavy (non-hydrogen) atoms. The molecule has 0 bridgehead atoms. The average molecular weight is 392 g/mol. The molecule has 0 radical (unpaired) electrons. The Kier molecular flexibility index (Phi) is 4.88. The zero-order valence-electron chi connectivity index (χ0n) is 15.2. The number of carbonyl (C=O) groups excluding carboxylic acids is 1. The highest BCUT2D eigenvalue weighted by atomic mass is 32.2. The first-order chi connectivity index (χ1) is 13.6. The van der Waals surface area contributed by atoms with Gasteiger partial charge in [-0.1, -0.05) is 54.6 Å². The van der Waals surface area contributed by atoms with E-state index in [9.17, 15) is 13.2 Å². The third kappa shape index (κ3) is 3.51. The number of hydrogen-bond acceptors (Lipinski definition) is 3. The van der Waals surface area contributed by atoms with Crippen molar-refractivity contribution in [2.24, 2.45) is 0 Å². The summed E-state index contributed by atoms with van der Waals surface area (Å²) >= 11 is 0. The van der Waals surface area contributed by atoms with Crippen LogP contribution >= 0.6 is 0 Å². The molecule has 6 heteroatoms. The fourth-order valence-corrected chi connectivity index (χ4v) is 4.91. The highest BCUT2D eigenvalue weighted by Gasteiger charge is 2.30. The van der Waals surface area contributed by atoms with E-state index in [0.717, 1.165) is 11.1 Å². The van der Waals surface area contributed by atoms with Gasteiger partial charge in [0, 0.05) is 18.7 Å². The van der Waals surface area contributed by atoms with Crippen molar-refractivity contribution in [3.8, 4) is 0 Å². The molecule has 5 nitrogen and oxygen atoms in total. The van der Waals surface area contributed by atoms with E-state index in [1.807, 2.05) is 54.6 Å². The predicted octanol–water partition coefficient (Wildman–Crippen LogP) is 3.37. The maximum absolute atomic E-state index is 13.1. The lowest BCUT2D eigenvalue weighted by molar-refractivity contribution is 0.0950. The van der Waals surface area contributed by atoms with E-state index in [2.05, 4.69) is 5.32 Å². The molecule has 0 saturated heterocycles. The Morgan fingerprint density at radius 1 is 0.929 bits per heavy atom. The van der Waals surface area contributed by atoms with Crippen molar-refractivity contribution in [3.05, 3.63) is 95.6 Å². The SMILES string of the molecule is O=C(NCc1ccccc1)c1cccc(S(=O)(=O)N2CCc3ccccc32)c1. The maximum Gasteiger partial charge on any atom is 0.264 e. The molecule has 142 valence electrons. The van der Waals surface area contributed by atoms with Crippen LogP contribution in [0.1, 0.15) is 21.5 Å². The van der Waals surface area contributed by atoms with Crippen molar-refractivity contribution in [1.29, 1.82) is 0 Å². The number of nitrogens with one attached hydrogen (secondary N) is 1. The fourth-order valence-electron chi connectivity index (χ4n) is 3.36. The van der Waals surface area contributed by atoms with Gasteiger partial charge in [-0.05, 0) is 41.8 Å². The molecule has 1 N–H and O–H groups in total. The normalized spacial score (nSPS) is 13.2. The van der Waals surface area contributed by atoms with Gasteiger partial charge in [-0.25, -0.2) is 8.42 Å². The second-order valence-electron chi connectivity index (χ2n) is 6.65. The minimum Gasteiger partial charge on any atom is -0.348 e. The first-order valence-electron chi connectivity index (χ1n) is 9.08. The van der Waals surface area contributed by atoms with Gasteiger partial charge >= 0.3 is 0 Å². The smallest absolute Gasteiger partial charge is 0.264 e. The number of anilines is 1. The molecule has 0 unspecified atom stereocenters. The van der Waals surface area contributed by atoms with E-state index in [1.165, 1.54) is 16.4 Å². The first-order valence-corrected chi connectivity index (χ1v) is 10.5. The number of hydrogen-bond donors (Lipinski definition) is 1. The second kappa shape index (κ2) is 7.48. The Morgan fingerprint density at radius 2 is 1.68 bits per heavy atom. The second-order valence-corrected chi connectivity index (χ2v) is 8.51. The van der Waals surface area contributed by atoms with Gasteiger partial charge in [0.25, 0.3) is 15.9 Å². The molecular formula is C22H20N2O3S. The van der Waals surface area contributed by atoms with Gasteiger partial charge in [0.05, 0.1) is 10.6 Å². The molecule has 0 atom stereocenters. The summed E-state index contributed by atoms with van der Waals surface area (Å²) in [5, 5.41) is 2.83.